The number of carbonyl (C=O) groups excluding carboxylic acids is 1. The Hall–Kier alpha value is -2.24. The van der Waals surface area contributed by atoms with Crippen LogP contribution >= 0.6 is 11.3 Å². The first-order valence-corrected chi connectivity index (χ1v) is 10.6. The number of hydrogen-bond acceptors (Lipinski definition) is 4. The smallest absolute Gasteiger partial charge is 0.260 e. The van der Waals surface area contributed by atoms with Crippen LogP contribution in [0.15, 0.2) is 30.3 Å². The lowest BCUT2D eigenvalue weighted by Crippen LogP contribution is -2.37. The van der Waals surface area contributed by atoms with Crippen molar-refractivity contribution in [2.24, 2.45) is 0 Å². The van der Waals surface area contributed by atoms with Gasteiger partial charge in [0.25, 0.3) is 5.91 Å². The second kappa shape index (κ2) is 7.64. The molecule has 146 valence electrons. The van der Waals surface area contributed by atoms with E-state index < -0.39 is 0 Å². The molecule has 3 aromatic rings. The minimum Gasteiger partial charge on any atom is -0.376 e. The average molecular weight is 395 g/mol. The number of carbonyl (C=O) groups is 1. The van der Waals surface area contributed by atoms with Crippen LogP contribution in [0.1, 0.15) is 45.5 Å². The Bertz CT molecular complexity index is 996. The van der Waals surface area contributed by atoms with Gasteiger partial charge in [0.05, 0.1) is 22.9 Å². The van der Waals surface area contributed by atoms with Gasteiger partial charge in [0.1, 0.15) is 0 Å². The number of anilines is 1. The maximum atomic E-state index is 13.6. The normalized spacial score (nSPS) is 16.6. The standard InChI is InChI=1S/C23H26N2O2S/c1-14-7-8-15(2)19(12-14)22(26)25(13-18-6-5-11-27-18)23-24-20-16(3)9-10-17(4)21(20)28-23/h7-10,12,18H,5-6,11,13H2,1-4H3. The fourth-order valence-corrected chi connectivity index (χ4v) is 4.83. The Labute approximate surface area is 170 Å². The van der Waals surface area contributed by atoms with E-state index in [1.54, 1.807) is 11.3 Å². The van der Waals surface area contributed by atoms with E-state index in [4.69, 9.17) is 9.72 Å². The van der Waals surface area contributed by atoms with Crippen LogP contribution in [0.5, 0.6) is 0 Å². The van der Waals surface area contributed by atoms with Crippen molar-refractivity contribution in [3.63, 3.8) is 0 Å². The molecule has 1 fully saturated rings. The molecule has 1 aromatic heterocycles. The van der Waals surface area contributed by atoms with Gasteiger partial charge in [-0.2, -0.15) is 0 Å². The van der Waals surface area contributed by atoms with Crippen LogP contribution in [0.3, 0.4) is 0 Å². The second-order valence-corrected chi connectivity index (χ2v) is 8.72. The van der Waals surface area contributed by atoms with Crippen molar-refractivity contribution in [1.29, 1.82) is 0 Å². The number of benzene rings is 2. The monoisotopic (exact) mass is 394 g/mol. The molecular weight excluding hydrogens is 368 g/mol. The topological polar surface area (TPSA) is 42.4 Å². The zero-order valence-corrected chi connectivity index (χ0v) is 17.7. The minimum atomic E-state index is 0.00561. The molecule has 0 aliphatic carbocycles. The third-order valence-electron chi connectivity index (χ3n) is 5.44. The number of amides is 1. The predicted molar refractivity (Wildman–Crippen MR) is 116 cm³/mol. The molecule has 1 unspecified atom stereocenters. The maximum absolute atomic E-state index is 13.6. The van der Waals surface area contributed by atoms with Gasteiger partial charge in [-0.05, 0) is 63.3 Å². The molecule has 2 aromatic carbocycles. The molecule has 0 N–H and O–H groups in total. The van der Waals surface area contributed by atoms with E-state index in [9.17, 15) is 4.79 Å². The van der Waals surface area contributed by atoms with Gasteiger partial charge in [0.2, 0.25) is 0 Å². The highest BCUT2D eigenvalue weighted by Gasteiger charge is 2.28. The lowest BCUT2D eigenvalue weighted by Gasteiger charge is -2.24. The number of aromatic nitrogens is 1. The number of hydrogen-bond donors (Lipinski definition) is 0. The molecule has 2 heterocycles. The fourth-order valence-electron chi connectivity index (χ4n) is 3.71. The van der Waals surface area contributed by atoms with Crippen LogP contribution in [0.25, 0.3) is 10.2 Å². The molecule has 4 nitrogen and oxygen atoms in total. The van der Waals surface area contributed by atoms with Crippen LogP contribution in [-0.4, -0.2) is 30.1 Å². The van der Waals surface area contributed by atoms with Crippen LogP contribution in [0, 0.1) is 27.7 Å². The van der Waals surface area contributed by atoms with Gasteiger partial charge in [-0.15, -0.1) is 0 Å². The van der Waals surface area contributed by atoms with E-state index in [1.807, 2.05) is 36.9 Å². The van der Waals surface area contributed by atoms with Crippen molar-refractivity contribution >= 4 is 32.6 Å². The summed E-state index contributed by atoms with van der Waals surface area (Å²) in [4.78, 5) is 20.3. The summed E-state index contributed by atoms with van der Waals surface area (Å²) in [5.41, 5.74) is 6.14. The highest BCUT2D eigenvalue weighted by Crippen LogP contribution is 2.34. The van der Waals surface area contributed by atoms with Gasteiger partial charge in [-0.1, -0.05) is 41.2 Å². The molecule has 4 rings (SSSR count). The lowest BCUT2D eigenvalue weighted by atomic mass is 10.0. The summed E-state index contributed by atoms with van der Waals surface area (Å²) in [6.07, 6.45) is 2.11. The van der Waals surface area contributed by atoms with Crippen LogP contribution < -0.4 is 4.90 Å². The summed E-state index contributed by atoms with van der Waals surface area (Å²) in [6.45, 7) is 9.50. The minimum absolute atomic E-state index is 0.00561. The van der Waals surface area contributed by atoms with Crippen molar-refractivity contribution in [3.8, 4) is 0 Å². The Kier molecular flexibility index (Phi) is 5.21. The van der Waals surface area contributed by atoms with E-state index >= 15 is 0 Å². The van der Waals surface area contributed by atoms with Crippen molar-refractivity contribution < 1.29 is 9.53 Å². The molecule has 1 amide bonds. The van der Waals surface area contributed by atoms with E-state index in [2.05, 4.69) is 26.0 Å². The van der Waals surface area contributed by atoms with E-state index in [0.717, 1.165) is 57.1 Å². The Morgan fingerprint density at radius 1 is 1.14 bits per heavy atom. The van der Waals surface area contributed by atoms with Gasteiger partial charge >= 0.3 is 0 Å². The number of thiazole rings is 1. The quantitative estimate of drug-likeness (QED) is 0.598. The highest BCUT2D eigenvalue weighted by atomic mass is 32.1. The van der Waals surface area contributed by atoms with E-state index in [0.29, 0.717) is 6.54 Å². The summed E-state index contributed by atoms with van der Waals surface area (Å²) in [7, 11) is 0. The molecule has 0 spiro atoms. The average Bonchev–Trinajstić information content (AvgIpc) is 3.34. The lowest BCUT2D eigenvalue weighted by molar-refractivity contribution is 0.0917. The molecule has 1 atom stereocenters. The number of aryl methyl sites for hydroxylation is 4. The summed E-state index contributed by atoms with van der Waals surface area (Å²) in [6, 6.07) is 10.2. The molecular formula is C23H26N2O2S. The third-order valence-corrected chi connectivity index (χ3v) is 6.65. The molecule has 0 bridgehead atoms. The van der Waals surface area contributed by atoms with E-state index in [1.165, 1.54) is 5.56 Å². The summed E-state index contributed by atoms with van der Waals surface area (Å²) in [5, 5.41) is 0.758. The Morgan fingerprint density at radius 3 is 2.61 bits per heavy atom. The number of rotatable bonds is 4. The highest BCUT2D eigenvalue weighted by molar-refractivity contribution is 7.22. The molecule has 1 aliphatic rings. The Morgan fingerprint density at radius 2 is 1.89 bits per heavy atom. The van der Waals surface area contributed by atoms with Crippen LogP contribution in [0.4, 0.5) is 5.13 Å². The first kappa shape index (κ1) is 19.1. The maximum Gasteiger partial charge on any atom is 0.260 e. The number of ether oxygens (including phenoxy) is 1. The molecule has 28 heavy (non-hydrogen) atoms. The first-order valence-electron chi connectivity index (χ1n) is 9.81. The summed E-state index contributed by atoms with van der Waals surface area (Å²) >= 11 is 1.60. The predicted octanol–water partition coefficient (Wildman–Crippen LogP) is 5.36. The van der Waals surface area contributed by atoms with Gasteiger partial charge < -0.3 is 4.74 Å². The molecule has 1 saturated heterocycles. The molecule has 0 radical (unpaired) electrons. The fraction of sp³-hybridized carbons (Fsp3) is 0.391. The van der Waals surface area contributed by atoms with Gasteiger partial charge in [-0.3, -0.25) is 9.69 Å². The van der Waals surface area contributed by atoms with E-state index in [-0.39, 0.29) is 12.0 Å². The number of nitrogens with zero attached hydrogens (tertiary/aromatic N) is 2. The van der Waals surface area contributed by atoms with Crippen molar-refractivity contribution in [1.82, 2.24) is 4.98 Å². The van der Waals surface area contributed by atoms with Gasteiger partial charge in [-0.25, -0.2) is 4.98 Å². The SMILES string of the molecule is Cc1ccc(C)c(C(=O)N(CC2CCCO2)c2nc3c(C)ccc(C)c3s2)c1. The third kappa shape index (κ3) is 3.56. The zero-order valence-electron chi connectivity index (χ0n) is 16.9. The van der Waals surface area contributed by atoms with Crippen molar-refractivity contribution in [2.75, 3.05) is 18.1 Å². The Balaban J connectivity index is 1.79. The first-order chi connectivity index (χ1) is 13.4. The molecule has 1 aliphatic heterocycles. The van der Waals surface area contributed by atoms with Gasteiger partial charge in [0.15, 0.2) is 5.13 Å². The van der Waals surface area contributed by atoms with Crippen LogP contribution in [0.2, 0.25) is 0 Å². The molecule has 5 heteroatoms. The summed E-state index contributed by atoms with van der Waals surface area (Å²) < 4.78 is 7.00. The van der Waals surface area contributed by atoms with Gasteiger partial charge in [0, 0.05) is 12.2 Å². The second-order valence-electron chi connectivity index (χ2n) is 7.74. The number of fused-ring (bicyclic) bond motifs is 1. The van der Waals surface area contributed by atoms with Crippen molar-refractivity contribution in [2.45, 2.75) is 46.6 Å². The van der Waals surface area contributed by atoms with Crippen LogP contribution in [-0.2, 0) is 4.74 Å². The largest absolute Gasteiger partial charge is 0.376 e. The van der Waals surface area contributed by atoms with Crippen molar-refractivity contribution in [3.05, 3.63) is 58.1 Å². The molecule has 0 saturated carbocycles. The zero-order chi connectivity index (χ0) is 19.8. The summed E-state index contributed by atoms with van der Waals surface area (Å²) in [5.74, 6) is 0.00561.